The Morgan fingerprint density at radius 1 is 1.30 bits per heavy atom. The summed E-state index contributed by atoms with van der Waals surface area (Å²) >= 11 is 6.23. The highest BCUT2D eigenvalue weighted by Gasteiger charge is 2.30. The molecule has 2 aromatic rings. The Morgan fingerprint density at radius 3 is 2.90 bits per heavy atom. The molecule has 0 saturated heterocycles. The van der Waals surface area contributed by atoms with E-state index in [1.165, 1.54) is 18.4 Å². The first-order valence-electron chi connectivity index (χ1n) is 7.26. The molecule has 0 spiro atoms. The van der Waals surface area contributed by atoms with Gasteiger partial charge in [0.15, 0.2) is 0 Å². The monoisotopic (exact) mass is 289 g/mol. The smallest absolute Gasteiger partial charge is 0.0945 e. The molecule has 0 amide bonds. The summed E-state index contributed by atoms with van der Waals surface area (Å²) in [4.78, 5) is 4.05. The van der Waals surface area contributed by atoms with Crippen LogP contribution in [0.2, 0.25) is 5.02 Å². The highest BCUT2D eigenvalue weighted by molar-refractivity contribution is 6.31. The van der Waals surface area contributed by atoms with Crippen molar-refractivity contribution < 1.29 is 0 Å². The number of hydrogen-bond acceptors (Lipinski definition) is 2. The van der Waals surface area contributed by atoms with E-state index in [2.05, 4.69) is 27.0 Å². The lowest BCUT2D eigenvalue weighted by Gasteiger charge is -2.37. The Hall–Kier alpha value is -1.32. The highest BCUT2D eigenvalue weighted by atomic mass is 35.5. The highest BCUT2D eigenvalue weighted by Crippen LogP contribution is 2.39. The van der Waals surface area contributed by atoms with E-state index in [1.54, 1.807) is 0 Å². The fourth-order valence-electron chi connectivity index (χ4n) is 2.83. The lowest BCUT2D eigenvalue weighted by molar-refractivity contribution is 0.289. The van der Waals surface area contributed by atoms with Crippen molar-refractivity contribution in [2.75, 3.05) is 6.54 Å². The predicted molar refractivity (Wildman–Crippen MR) is 82.1 cm³/mol. The zero-order valence-electron chi connectivity index (χ0n) is 11.5. The Kier molecular flexibility index (Phi) is 4.38. The fraction of sp³-hybridized carbons (Fsp3) is 0.438. The molecule has 20 heavy (non-hydrogen) atoms. The topological polar surface area (TPSA) is 29.9 Å². The lowest BCUT2D eigenvalue weighted by Crippen LogP contribution is -2.40. The number of halogens is 1. The van der Waals surface area contributed by atoms with Gasteiger partial charge in [0.2, 0.25) is 0 Å². The molecule has 1 aromatic carbocycles. The minimum Gasteiger partial charge on any atom is -0.337 e. The molecular weight excluding hydrogens is 270 g/mol. The molecule has 3 rings (SSSR count). The number of benzene rings is 1. The lowest BCUT2D eigenvalue weighted by atomic mass is 9.76. The maximum Gasteiger partial charge on any atom is 0.0945 e. The molecule has 1 N–H and O–H groups in total. The van der Waals surface area contributed by atoms with Gasteiger partial charge in [0.05, 0.1) is 6.33 Å². The van der Waals surface area contributed by atoms with Crippen LogP contribution < -0.4 is 5.32 Å². The fourth-order valence-corrected chi connectivity index (χ4v) is 3.12. The number of nitrogens with zero attached hydrogens (tertiary/aromatic N) is 2. The molecule has 0 aliphatic heterocycles. The van der Waals surface area contributed by atoms with E-state index in [1.807, 2.05) is 30.9 Å². The largest absolute Gasteiger partial charge is 0.337 e. The summed E-state index contributed by atoms with van der Waals surface area (Å²) < 4.78 is 2.12. The van der Waals surface area contributed by atoms with Gasteiger partial charge >= 0.3 is 0 Å². The Morgan fingerprint density at radius 2 is 2.15 bits per heavy atom. The molecule has 1 saturated carbocycles. The van der Waals surface area contributed by atoms with Crippen LogP contribution in [0, 0.1) is 0 Å². The van der Waals surface area contributed by atoms with Gasteiger partial charge in [0.25, 0.3) is 0 Å². The van der Waals surface area contributed by atoms with Crippen LogP contribution in [0.1, 0.15) is 30.7 Å². The molecule has 4 heteroatoms. The third-order valence-electron chi connectivity index (χ3n) is 4.07. The first-order valence-corrected chi connectivity index (χ1v) is 7.64. The molecule has 1 aliphatic rings. The molecule has 1 aliphatic carbocycles. The second-order valence-corrected chi connectivity index (χ2v) is 5.90. The van der Waals surface area contributed by atoms with Crippen LogP contribution in [-0.2, 0) is 6.54 Å². The van der Waals surface area contributed by atoms with Crippen LogP contribution in [0.15, 0.2) is 43.0 Å². The van der Waals surface area contributed by atoms with Gasteiger partial charge in [-0.3, -0.25) is 0 Å². The van der Waals surface area contributed by atoms with Gasteiger partial charge in [-0.25, -0.2) is 4.98 Å². The predicted octanol–water partition coefficient (Wildman–Crippen LogP) is 3.46. The number of hydrogen-bond donors (Lipinski definition) is 1. The number of imidazole rings is 1. The van der Waals surface area contributed by atoms with E-state index in [-0.39, 0.29) is 0 Å². The first-order chi connectivity index (χ1) is 9.83. The van der Waals surface area contributed by atoms with E-state index in [0.29, 0.717) is 12.0 Å². The Balaban J connectivity index is 1.35. The normalized spacial score (nSPS) is 21.6. The van der Waals surface area contributed by atoms with Gasteiger partial charge in [0.1, 0.15) is 0 Å². The average Bonchev–Trinajstić information content (AvgIpc) is 2.91. The Labute approximate surface area is 125 Å². The summed E-state index contributed by atoms with van der Waals surface area (Å²) in [5.41, 5.74) is 1.31. The molecule has 106 valence electrons. The maximum atomic E-state index is 6.23. The van der Waals surface area contributed by atoms with E-state index in [0.717, 1.165) is 24.5 Å². The molecule has 0 atom stereocenters. The molecule has 3 nitrogen and oxygen atoms in total. The summed E-state index contributed by atoms with van der Waals surface area (Å²) in [5, 5.41) is 4.54. The van der Waals surface area contributed by atoms with Crippen LogP contribution >= 0.6 is 11.6 Å². The van der Waals surface area contributed by atoms with Gasteiger partial charge in [-0.2, -0.15) is 0 Å². The standard InChI is InChI=1S/C16H20ClN3/c17-16-5-2-1-4-15(16)13-10-14(11-13)19-6-3-8-20-9-7-18-12-20/h1-2,4-5,7,9,12-14,19H,3,6,8,10-11H2. The van der Waals surface area contributed by atoms with E-state index in [9.17, 15) is 0 Å². The zero-order valence-corrected chi connectivity index (χ0v) is 12.3. The van der Waals surface area contributed by atoms with Gasteiger partial charge in [-0.15, -0.1) is 0 Å². The van der Waals surface area contributed by atoms with Crippen molar-refractivity contribution in [2.24, 2.45) is 0 Å². The number of aryl methyl sites for hydroxylation is 1. The van der Waals surface area contributed by atoms with Crippen LogP contribution in [0.3, 0.4) is 0 Å². The van der Waals surface area contributed by atoms with E-state index < -0.39 is 0 Å². The van der Waals surface area contributed by atoms with Crippen molar-refractivity contribution in [3.8, 4) is 0 Å². The van der Waals surface area contributed by atoms with Gasteiger partial charge in [-0.05, 0) is 43.4 Å². The van der Waals surface area contributed by atoms with Crippen molar-refractivity contribution in [3.05, 3.63) is 53.6 Å². The third kappa shape index (κ3) is 3.22. The van der Waals surface area contributed by atoms with E-state index >= 15 is 0 Å². The van der Waals surface area contributed by atoms with Gasteiger partial charge in [0, 0.05) is 30.0 Å². The SMILES string of the molecule is Clc1ccccc1C1CC(NCCCn2ccnc2)C1. The second kappa shape index (κ2) is 6.42. The molecule has 0 unspecified atom stereocenters. The summed E-state index contributed by atoms with van der Waals surface area (Å²) in [6.45, 7) is 2.10. The molecule has 1 heterocycles. The summed E-state index contributed by atoms with van der Waals surface area (Å²) in [6, 6.07) is 8.87. The summed E-state index contributed by atoms with van der Waals surface area (Å²) in [6.07, 6.45) is 9.26. The molecule has 0 bridgehead atoms. The van der Waals surface area contributed by atoms with Gasteiger partial charge in [-0.1, -0.05) is 29.8 Å². The quantitative estimate of drug-likeness (QED) is 0.825. The van der Waals surface area contributed by atoms with Crippen LogP contribution in [0.4, 0.5) is 0 Å². The van der Waals surface area contributed by atoms with Crippen LogP contribution in [0.25, 0.3) is 0 Å². The van der Waals surface area contributed by atoms with Crippen molar-refractivity contribution in [3.63, 3.8) is 0 Å². The number of nitrogens with one attached hydrogen (secondary N) is 1. The number of aromatic nitrogens is 2. The maximum absolute atomic E-state index is 6.23. The Bertz CT molecular complexity index is 532. The molecule has 1 aromatic heterocycles. The van der Waals surface area contributed by atoms with Crippen LogP contribution in [-0.4, -0.2) is 22.1 Å². The van der Waals surface area contributed by atoms with Crippen molar-refractivity contribution in [1.82, 2.24) is 14.9 Å². The van der Waals surface area contributed by atoms with Crippen LogP contribution in [0.5, 0.6) is 0 Å². The third-order valence-corrected chi connectivity index (χ3v) is 4.41. The van der Waals surface area contributed by atoms with Crippen molar-refractivity contribution >= 4 is 11.6 Å². The van der Waals surface area contributed by atoms with Gasteiger partial charge < -0.3 is 9.88 Å². The minimum absolute atomic E-state index is 0.634. The molecule has 1 fully saturated rings. The second-order valence-electron chi connectivity index (χ2n) is 5.49. The zero-order chi connectivity index (χ0) is 13.8. The first kappa shape index (κ1) is 13.7. The minimum atomic E-state index is 0.634. The molecule has 0 radical (unpaired) electrons. The number of rotatable bonds is 6. The van der Waals surface area contributed by atoms with E-state index in [4.69, 9.17) is 11.6 Å². The average molecular weight is 290 g/mol. The molecular formula is C16H20ClN3. The summed E-state index contributed by atoms with van der Waals surface area (Å²) in [5.74, 6) is 0.634. The van der Waals surface area contributed by atoms with Crippen molar-refractivity contribution in [1.29, 1.82) is 0 Å². The summed E-state index contributed by atoms with van der Waals surface area (Å²) in [7, 11) is 0. The van der Waals surface area contributed by atoms with Crippen molar-refractivity contribution in [2.45, 2.75) is 37.8 Å².